The molecule has 106 valence electrons. The van der Waals surface area contributed by atoms with Crippen LogP contribution in [0.15, 0.2) is 24.3 Å². The molecule has 19 heavy (non-hydrogen) atoms. The lowest BCUT2D eigenvalue weighted by atomic mass is 9.86. The van der Waals surface area contributed by atoms with E-state index in [-0.39, 0.29) is 10.8 Å². The van der Waals surface area contributed by atoms with Crippen LogP contribution >= 0.6 is 0 Å². The highest BCUT2D eigenvalue weighted by atomic mass is 16.5. The molecular weight excluding hydrogens is 232 g/mol. The maximum absolute atomic E-state index is 5.79. The van der Waals surface area contributed by atoms with Crippen LogP contribution in [0.5, 0.6) is 5.75 Å². The first kappa shape index (κ1) is 15.8. The second-order valence-electron chi connectivity index (χ2n) is 7.13. The average molecular weight is 260 g/mol. The van der Waals surface area contributed by atoms with Crippen LogP contribution in [0.2, 0.25) is 0 Å². The molecule has 1 nitrogen and oxygen atoms in total. The van der Waals surface area contributed by atoms with Crippen molar-refractivity contribution in [1.29, 1.82) is 0 Å². The van der Waals surface area contributed by atoms with Gasteiger partial charge in [0.15, 0.2) is 0 Å². The molecule has 0 bridgehead atoms. The highest BCUT2D eigenvalue weighted by Gasteiger charge is 2.15. The van der Waals surface area contributed by atoms with E-state index < -0.39 is 0 Å². The Morgan fingerprint density at radius 3 is 2.16 bits per heavy atom. The van der Waals surface area contributed by atoms with E-state index >= 15 is 0 Å². The third-order valence-electron chi connectivity index (χ3n) is 2.94. The van der Waals surface area contributed by atoms with Gasteiger partial charge in [-0.05, 0) is 29.4 Å². The standard InChI is InChI=1S/C18H28O/c1-8-19-16-13-15(18(5,6)7)10-9-14(16)11-12-17(2,3)4/h9-13H,8H2,1-7H3/b12-11+. The lowest BCUT2D eigenvalue weighted by Crippen LogP contribution is -2.11. The second kappa shape index (κ2) is 5.81. The molecule has 0 radical (unpaired) electrons. The molecule has 0 aliphatic carbocycles. The lowest BCUT2D eigenvalue weighted by Gasteiger charge is -2.21. The summed E-state index contributed by atoms with van der Waals surface area (Å²) in [7, 11) is 0. The molecule has 0 spiro atoms. The molecule has 1 aromatic carbocycles. The average Bonchev–Trinajstić information content (AvgIpc) is 2.25. The third-order valence-corrected chi connectivity index (χ3v) is 2.94. The minimum atomic E-state index is 0.151. The maximum Gasteiger partial charge on any atom is 0.126 e. The van der Waals surface area contributed by atoms with Crippen molar-refractivity contribution in [2.24, 2.45) is 5.41 Å². The van der Waals surface area contributed by atoms with Gasteiger partial charge in [-0.15, -0.1) is 0 Å². The van der Waals surface area contributed by atoms with Gasteiger partial charge in [0.25, 0.3) is 0 Å². The molecule has 0 unspecified atom stereocenters. The minimum absolute atomic E-state index is 0.151. The Balaban J connectivity index is 3.15. The van der Waals surface area contributed by atoms with Crippen LogP contribution in [0.25, 0.3) is 6.08 Å². The zero-order valence-electron chi connectivity index (χ0n) is 13.5. The molecular formula is C18H28O. The molecule has 1 heteroatoms. The largest absolute Gasteiger partial charge is 0.493 e. The van der Waals surface area contributed by atoms with Gasteiger partial charge in [0, 0.05) is 5.56 Å². The highest BCUT2D eigenvalue weighted by molar-refractivity contribution is 5.59. The quantitative estimate of drug-likeness (QED) is 0.703. The smallest absolute Gasteiger partial charge is 0.126 e. The van der Waals surface area contributed by atoms with Gasteiger partial charge >= 0.3 is 0 Å². The van der Waals surface area contributed by atoms with Crippen LogP contribution in [-0.4, -0.2) is 6.61 Å². The molecule has 1 aromatic rings. The van der Waals surface area contributed by atoms with Gasteiger partial charge in [0.05, 0.1) is 6.61 Å². The minimum Gasteiger partial charge on any atom is -0.493 e. The van der Waals surface area contributed by atoms with Crippen molar-refractivity contribution in [3.05, 3.63) is 35.4 Å². The molecule has 0 saturated heterocycles. The summed E-state index contributed by atoms with van der Waals surface area (Å²) < 4.78 is 5.79. The number of hydrogen-bond donors (Lipinski definition) is 0. The first-order valence-corrected chi connectivity index (χ1v) is 7.10. The molecule has 0 aromatic heterocycles. The third kappa shape index (κ3) is 5.10. The van der Waals surface area contributed by atoms with Crippen LogP contribution in [0.3, 0.4) is 0 Å². The fourth-order valence-electron chi connectivity index (χ4n) is 1.76. The summed E-state index contributed by atoms with van der Waals surface area (Å²) in [6, 6.07) is 6.53. The topological polar surface area (TPSA) is 9.23 Å². The molecule has 0 N–H and O–H groups in total. The van der Waals surface area contributed by atoms with Crippen molar-refractivity contribution in [3.63, 3.8) is 0 Å². The fourth-order valence-corrected chi connectivity index (χ4v) is 1.76. The Hall–Kier alpha value is -1.24. The van der Waals surface area contributed by atoms with Crippen molar-refractivity contribution in [2.45, 2.75) is 53.9 Å². The van der Waals surface area contributed by atoms with Gasteiger partial charge in [-0.2, -0.15) is 0 Å². The number of rotatable bonds is 3. The normalized spacial score (nSPS) is 13.0. The van der Waals surface area contributed by atoms with E-state index in [2.05, 4.69) is 71.9 Å². The summed E-state index contributed by atoms with van der Waals surface area (Å²) in [6.07, 6.45) is 4.39. The van der Waals surface area contributed by atoms with Gasteiger partial charge in [-0.1, -0.05) is 65.8 Å². The highest BCUT2D eigenvalue weighted by Crippen LogP contribution is 2.30. The van der Waals surface area contributed by atoms with Crippen LogP contribution < -0.4 is 4.74 Å². The van der Waals surface area contributed by atoms with Crippen LogP contribution in [0, 0.1) is 5.41 Å². The van der Waals surface area contributed by atoms with E-state index in [0.29, 0.717) is 6.61 Å². The monoisotopic (exact) mass is 260 g/mol. The SMILES string of the molecule is CCOc1cc(C(C)(C)C)ccc1/C=C/C(C)(C)C. The predicted molar refractivity (Wildman–Crippen MR) is 84.8 cm³/mol. The number of benzene rings is 1. The summed E-state index contributed by atoms with van der Waals surface area (Å²) in [5.41, 5.74) is 2.80. The van der Waals surface area contributed by atoms with Crippen LogP contribution in [0.1, 0.15) is 59.6 Å². The predicted octanol–water partition coefficient (Wildman–Crippen LogP) is 5.44. The number of ether oxygens (including phenoxy) is 1. The van der Waals surface area contributed by atoms with Crippen LogP contribution in [-0.2, 0) is 5.41 Å². The van der Waals surface area contributed by atoms with Gasteiger partial charge in [-0.25, -0.2) is 0 Å². The van der Waals surface area contributed by atoms with Crippen LogP contribution in [0.4, 0.5) is 0 Å². The Kier molecular flexibility index (Phi) is 4.84. The Bertz CT molecular complexity index is 442. The molecule has 0 amide bonds. The zero-order chi connectivity index (χ0) is 14.7. The van der Waals surface area contributed by atoms with Crippen molar-refractivity contribution in [1.82, 2.24) is 0 Å². The van der Waals surface area contributed by atoms with Gasteiger partial charge in [0.2, 0.25) is 0 Å². The van der Waals surface area contributed by atoms with Crippen molar-refractivity contribution >= 4 is 6.08 Å². The van der Waals surface area contributed by atoms with E-state index in [1.54, 1.807) is 0 Å². The second-order valence-corrected chi connectivity index (χ2v) is 7.13. The summed E-state index contributed by atoms with van der Waals surface area (Å²) in [6.45, 7) is 16.0. The number of allylic oxidation sites excluding steroid dienone is 1. The first-order chi connectivity index (χ1) is 8.63. The van der Waals surface area contributed by atoms with E-state index in [0.717, 1.165) is 11.3 Å². The molecule has 0 aliphatic heterocycles. The summed E-state index contributed by atoms with van der Waals surface area (Å²) in [5, 5.41) is 0. The Morgan fingerprint density at radius 1 is 1.05 bits per heavy atom. The van der Waals surface area contributed by atoms with E-state index in [9.17, 15) is 0 Å². The van der Waals surface area contributed by atoms with Crippen molar-refractivity contribution < 1.29 is 4.74 Å². The molecule has 0 atom stereocenters. The fraction of sp³-hybridized carbons (Fsp3) is 0.556. The lowest BCUT2D eigenvalue weighted by molar-refractivity contribution is 0.338. The van der Waals surface area contributed by atoms with Crippen molar-refractivity contribution in [2.75, 3.05) is 6.61 Å². The summed E-state index contributed by atoms with van der Waals surface area (Å²) >= 11 is 0. The number of hydrogen-bond acceptors (Lipinski definition) is 1. The zero-order valence-corrected chi connectivity index (χ0v) is 13.5. The molecule has 0 aliphatic rings. The Morgan fingerprint density at radius 2 is 1.68 bits per heavy atom. The molecule has 0 fully saturated rings. The van der Waals surface area contributed by atoms with Gasteiger partial charge < -0.3 is 4.74 Å². The van der Waals surface area contributed by atoms with Gasteiger partial charge in [0.1, 0.15) is 5.75 Å². The molecule has 0 saturated carbocycles. The van der Waals surface area contributed by atoms with E-state index in [4.69, 9.17) is 4.74 Å². The maximum atomic E-state index is 5.79. The van der Waals surface area contributed by atoms with E-state index in [1.165, 1.54) is 5.56 Å². The Labute approximate surface area is 118 Å². The van der Waals surface area contributed by atoms with E-state index in [1.807, 2.05) is 6.92 Å². The van der Waals surface area contributed by atoms with Crippen molar-refractivity contribution in [3.8, 4) is 5.75 Å². The summed E-state index contributed by atoms with van der Waals surface area (Å²) in [4.78, 5) is 0. The molecule has 1 rings (SSSR count). The summed E-state index contributed by atoms with van der Waals surface area (Å²) in [5.74, 6) is 0.982. The molecule has 0 heterocycles. The van der Waals surface area contributed by atoms with Gasteiger partial charge in [-0.3, -0.25) is 0 Å². The first-order valence-electron chi connectivity index (χ1n) is 7.10.